The lowest BCUT2D eigenvalue weighted by Crippen LogP contribution is -2.23. The molecule has 1 aliphatic rings. The van der Waals surface area contributed by atoms with Crippen molar-refractivity contribution in [3.05, 3.63) is 40.3 Å². The van der Waals surface area contributed by atoms with Crippen molar-refractivity contribution in [2.75, 3.05) is 12.5 Å². The molecule has 0 aliphatic carbocycles. The van der Waals surface area contributed by atoms with Crippen LogP contribution in [-0.4, -0.2) is 12.7 Å². The number of carbonyl (C=O) groups excluding carboxylic acids is 1. The predicted octanol–water partition coefficient (Wildman–Crippen LogP) is 3.33. The molecule has 5 nitrogen and oxygen atoms in total. The lowest BCUT2D eigenvalue weighted by molar-refractivity contribution is 0.0952. The van der Waals surface area contributed by atoms with Gasteiger partial charge in [0.1, 0.15) is 0 Å². The van der Waals surface area contributed by atoms with Crippen LogP contribution in [0.15, 0.2) is 24.3 Å². The second-order valence-electron chi connectivity index (χ2n) is 5.46. The molecular weight excluding hydrogens is 312 g/mol. The normalized spacial score (nSPS) is 12.4. The third kappa shape index (κ3) is 3.59. The SMILES string of the molecule is CCCCc1cc(C(=O)NCc2ccc3c(c2)OCO3)c(N)s1. The zero-order chi connectivity index (χ0) is 16.2. The lowest BCUT2D eigenvalue weighted by Gasteiger charge is -2.06. The Kier molecular flexibility index (Phi) is 4.71. The largest absolute Gasteiger partial charge is 0.454 e. The van der Waals surface area contributed by atoms with E-state index in [-0.39, 0.29) is 12.7 Å². The van der Waals surface area contributed by atoms with Gasteiger partial charge in [-0.15, -0.1) is 11.3 Å². The van der Waals surface area contributed by atoms with Gasteiger partial charge in [0.25, 0.3) is 5.91 Å². The Morgan fingerprint density at radius 3 is 2.96 bits per heavy atom. The first-order valence-corrected chi connectivity index (χ1v) is 8.54. The molecule has 1 amide bonds. The van der Waals surface area contributed by atoms with Crippen LogP contribution in [0.2, 0.25) is 0 Å². The molecule has 23 heavy (non-hydrogen) atoms. The van der Waals surface area contributed by atoms with E-state index in [1.807, 2.05) is 24.3 Å². The number of rotatable bonds is 6. The molecule has 0 saturated heterocycles. The minimum absolute atomic E-state index is 0.140. The van der Waals surface area contributed by atoms with Gasteiger partial charge < -0.3 is 20.5 Å². The van der Waals surface area contributed by atoms with Crippen LogP contribution < -0.4 is 20.5 Å². The van der Waals surface area contributed by atoms with Gasteiger partial charge in [-0.25, -0.2) is 0 Å². The summed E-state index contributed by atoms with van der Waals surface area (Å²) in [5.74, 6) is 1.32. The molecule has 0 saturated carbocycles. The molecule has 3 rings (SSSR count). The number of amides is 1. The number of aryl methyl sites for hydroxylation is 1. The van der Waals surface area contributed by atoms with E-state index in [0.29, 0.717) is 22.9 Å². The van der Waals surface area contributed by atoms with E-state index >= 15 is 0 Å². The Bertz CT molecular complexity index is 712. The number of ether oxygens (including phenoxy) is 2. The van der Waals surface area contributed by atoms with Crippen molar-refractivity contribution in [3.63, 3.8) is 0 Å². The van der Waals surface area contributed by atoms with Crippen LogP contribution in [0.5, 0.6) is 11.5 Å². The fourth-order valence-electron chi connectivity index (χ4n) is 2.44. The maximum Gasteiger partial charge on any atom is 0.254 e. The smallest absolute Gasteiger partial charge is 0.254 e. The highest BCUT2D eigenvalue weighted by Crippen LogP contribution is 2.32. The van der Waals surface area contributed by atoms with Crippen LogP contribution >= 0.6 is 11.3 Å². The van der Waals surface area contributed by atoms with Gasteiger partial charge in [0.05, 0.1) is 10.6 Å². The number of unbranched alkanes of at least 4 members (excludes halogenated alkanes) is 1. The minimum atomic E-state index is -0.140. The van der Waals surface area contributed by atoms with E-state index in [4.69, 9.17) is 15.2 Å². The van der Waals surface area contributed by atoms with E-state index in [0.717, 1.165) is 35.5 Å². The van der Waals surface area contributed by atoms with Crippen molar-refractivity contribution in [1.29, 1.82) is 0 Å². The molecule has 6 heteroatoms. The van der Waals surface area contributed by atoms with E-state index in [2.05, 4.69) is 12.2 Å². The standard InChI is InChI=1S/C17H20N2O3S/c1-2-3-4-12-8-13(16(18)23-12)17(20)19-9-11-5-6-14-15(7-11)22-10-21-14/h5-8H,2-4,9-10,18H2,1H3,(H,19,20). The molecule has 1 aromatic carbocycles. The number of nitrogens with two attached hydrogens (primary N) is 1. The Labute approximate surface area is 139 Å². The maximum absolute atomic E-state index is 12.3. The first kappa shape index (κ1) is 15.7. The van der Waals surface area contributed by atoms with E-state index in [1.165, 1.54) is 11.3 Å². The molecule has 0 atom stereocenters. The summed E-state index contributed by atoms with van der Waals surface area (Å²) in [5, 5.41) is 3.49. The van der Waals surface area contributed by atoms with Gasteiger partial charge in [0.2, 0.25) is 6.79 Å². The van der Waals surface area contributed by atoms with E-state index in [9.17, 15) is 4.79 Å². The second-order valence-corrected chi connectivity index (χ2v) is 6.63. The summed E-state index contributed by atoms with van der Waals surface area (Å²) < 4.78 is 10.6. The fraction of sp³-hybridized carbons (Fsp3) is 0.353. The topological polar surface area (TPSA) is 73.6 Å². The average molecular weight is 332 g/mol. The Morgan fingerprint density at radius 2 is 2.13 bits per heavy atom. The molecule has 3 N–H and O–H groups in total. The number of thiophene rings is 1. The quantitative estimate of drug-likeness (QED) is 0.851. The number of anilines is 1. The molecule has 0 bridgehead atoms. The first-order valence-electron chi connectivity index (χ1n) is 7.72. The maximum atomic E-state index is 12.3. The molecule has 0 fully saturated rings. The molecule has 122 valence electrons. The van der Waals surface area contributed by atoms with Crippen LogP contribution in [0.1, 0.15) is 40.6 Å². The molecule has 0 unspecified atom stereocenters. The van der Waals surface area contributed by atoms with Crippen molar-refractivity contribution in [3.8, 4) is 11.5 Å². The van der Waals surface area contributed by atoms with Crippen LogP contribution in [0.4, 0.5) is 5.00 Å². The third-order valence-corrected chi connectivity index (χ3v) is 4.75. The van der Waals surface area contributed by atoms with Crippen molar-refractivity contribution < 1.29 is 14.3 Å². The van der Waals surface area contributed by atoms with Gasteiger partial charge in [-0.3, -0.25) is 4.79 Å². The van der Waals surface area contributed by atoms with Crippen molar-refractivity contribution in [2.45, 2.75) is 32.7 Å². The van der Waals surface area contributed by atoms with Gasteiger partial charge in [-0.05, 0) is 36.6 Å². The number of nitrogens with one attached hydrogen (secondary N) is 1. The minimum Gasteiger partial charge on any atom is -0.454 e. The predicted molar refractivity (Wildman–Crippen MR) is 91.1 cm³/mol. The van der Waals surface area contributed by atoms with E-state index in [1.54, 1.807) is 0 Å². The van der Waals surface area contributed by atoms with Gasteiger partial charge in [0.15, 0.2) is 11.5 Å². The average Bonchev–Trinajstić information content (AvgIpc) is 3.16. The van der Waals surface area contributed by atoms with Gasteiger partial charge >= 0.3 is 0 Å². The van der Waals surface area contributed by atoms with Crippen LogP contribution in [0.25, 0.3) is 0 Å². The highest BCUT2D eigenvalue weighted by molar-refractivity contribution is 7.16. The Morgan fingerprint density at radius 1 is 1.30 bits per heavy atom. The monoisotopic (exact) mass is 332 g/mol. The number of hydrogen-bond donors (Lipinski definition) is 2. The lowest BCUT2D eigenvalue weighted by atomic mass is 10.2. The molecular formula is C17H20N2O3S. The third-order valence-electron chi connectivity index (χ3n) is 3.72. The highest BCUT2D eigenvalue weighted by atomic mass is 32.1. The number of benzene rings is 1. The first-order chi connectivity index (χ1) is 11.2. The Balaban J connectivity index is 1.62. The highest BCUT2D eigenvalue weighted by Gasteiger charge is 2.16. The molecule has 2 heterocycles. The summed E-state index contributed by atoms with van der Waals surface area (Å²) in [6, 6.07) is 7.56. The fourth-order valence-corrected chi connectivity index (χ4v) is 3.41. The second kappa shape index (κ2) is 6.91. The molecule has 1 aliphatic heterocycles. The summed E-state index contributed by atoms with van der Waals surface area (Å²) >= 11 is 1.50. The number of nitrogen functional groups attached to an aromatic ring is 1. The number of fused-ring (bicyclic) bond motifs is 1. The molecule has 1 aromatic heterocycles. The van der Waals surface area contributed by atoms with Crippen molar-refractivity contribution in [1.82, 2.24) is 5.32 Å². The van der Waals surface area contributed by atoms with E-state index < -0.39 is 0 Å². The molecule has 2 aromatic rings. The van der Waals surface area contributed by atoms with Gasteiger partial charge in [-0.1, -0.05) is 19.4 Å². The van der Waals surface area contributed by atoms with Gasteiger partial charge in [-0.2, -0.15) is 0 Å². The zero-order valence-electron chi connectivity index (χ0n) is 13.1. The van der Waals surface area contributed by atoms with Crippen LogP contribution in [-0.2, 0) is 13.0 Å². The summed E-state index contributed by atoms with van der Waals surface area (Å²) in [4.78, 5) is 13.5. The zero-order valence-corrected chi connectivity index (χ0v) is 13.9. The van der Waals surface area contributed by atoms with Gasteiger partial charge in [0, 0.05) is 11.4 Å². The summed E-state index contributed by atoms with van der Waals surface area (Å²) in [6.07, 6.45) is 3.21. The number of carbonyl (C=O) groups is 1. The van der Waals surface area contributed by atoms with Crippen molar-refractivity contribution >= 4 is 22.2 Å². The molecule has 0 radical (unpaired) electrons. The van der Waals surface area contributed by atoms with Crippen LogP contribution in [0, 0.1) is 0 Å². The summed E-state index contributed by atoms with van der Waals surface area (Å²) in [5.41, 5.74) is 7.51. The van der Waals surface area contributed by atoms with Crippen molar-refractivity contribution in [2.24, 2.45) is 0 Å². The Hall–Kier alpha value is -2.21. The summed E-state index contributed by atoms with van der Waals surface area (Å²) in [6.45, 7) is 2.82. The van der Waals surface area contributed by atoms with Crippen LogP contribution in [0.3, 0.4) is 0 Å². The summed E-state index contributed by atoms with van der Waals surface area (Å²) in [7, 11) is 0. The number of hydrogen-bond acceptors (Lipinski definition) is 5. The molecule has 0 spiro atoms.